The summed E-state index contributed by atoms with van der Waals surface area (Å²) >= 11 is 1.53. The molecule has 0 atom stereocenters. The Morgan fingerprint density at radius 1 is 1.44 bits per heavy atom. The quantitative estimate of drug-likeness (QED) is 0.636. The molecule has 0 bridgehead atoms. The Morgan fingerprint density at radius 2 is 2.11 bits per heavy atom. The fraction of sp³-hybridized carbons (Fsp3) is 0.500. The lowest BCUT2D eigenvalue weighted by Gasteiger charge is -2.24. The largest absolute Gasteiger partial charge is 0.399 e. The molecule has 1 rings (SSSR count). The van der Waals surface area contributed by atoms with Crippen molar-refractivity contribution in [3.8, 4) is 0 Å². The molecule has 0 heterocycles. The van der Waals surface area contributed by atoms with E-state index in [-0.39, 0.29) is 11.4 Å². The van der Waals surface area contributed by atoms with Crippen molar-refractivity contribution < 1.29 is 4.79 Å². The average Bonchev–Trinajstić information content (AvgIpc) is 2.30. The number of hydrogen-bond donors (Lipinski definition) is 2. The summed E-state index contributed by atoms with van der Waals surface area (Å²) in [4.78, 5) is 12.9. The van der Waals surface area contributed by atoms with E-state index in [9.17, 15) is 4.79 Å². The van der Waals surface area contributed by atoms with Gasteiger partial charge in [0.15, 0.2) is 0 Å². The SMILES string of the molecule is CCC(C)(C)NC(=O)CSc1ccc(N)c(C)c1. The molecule has 3 N–H and O–H groups in total. The first-order valence-electron chi connectivity index (χ1n) is 6.14. The van der Waals surface area contributed by atoms with Gasteiger partial charge in [0, 0.05) is 16.1 Å². The number of rotatable bonds is 5. The summed E-state index contributed by atoms with van der Waals surface area (Å²) in [6.07, 6.45) is 0.921. The smallest absolute Gasteiger partial charge is 0.230 e. The molecule has 0 radical (unpaired) electrons. The highest BCUT2D eigenvalue weighted by atomic mass is 32.2. The van der Waals surface area contributed by atoms with Gasteiger partial charge in [0.05, 0.1) is 5.75 Å². The van der Waals surface area contributed by atoms with Crippen LogP contribution in [0.15, 0.2) is 23.1 Å². The molecule has 1 aromatic carbocycles. The van der Waals surface area contributed by atoms with E-state index in [4.69, 9.17) is 5.73 Å². The van der Waals surface area contributed by atoms with Gasteiger partial charge in [-0.15, -0.1) is 11.8 Å². The zero-order chi connectivity index (χ0) is 13.8. The van der Waals surface area contributed by atoms with Crippen molar-refractivity contribution in [2.75, 3.05) is 11.5 Å². The third-order valence-electron chi connectivity index (χ3n) is 2.97. The molecule has 0 spiro atoms. The average molecular weight is 266 g/mol. The van der Waals surface area contributed by atoms with E-state index in [1.807, 2.05) is 39.0 Å². The molecule has 0 aromatic heterocycles. The number of amides is 1. The number of carbonyl (C=O) groups is 1. The van der Waals surface area contributed by atoms with Gasteiger partial charge in [-0.3, -0.25) is 4.79 Å². The second-order valence-electron chi connectivity index (χ2n) is 5.09. The second kappa shape index (κ2) is 6.14. The predicted octanol–water partition coefficient (Wildman–Crippen LogP) is 2.97. The number of nitrogens with one attached hydrogen (secondary N) is 1. The van der Waals surface area contributed by atoms with E-state index in [1.165, 1.54) is 11.8 Å². The standard InChI is InChI=1S/C14H22N2OS/c1-5-14(3,4)16-13(17)9-18-11-6-7-12(15)10(2)8-11/h6-8H,5,9,15H2,1-4H3,(H,16,17). The van der Waals surface area contributed by atoms with Crippen LogP contribution in [0.25, 0.3) is 0 Å². The van der Waals surface area contributed by atoms with Gasteiger partial charge in [0.25, 0.3) is 0 Å². The Bertz CT molecular complexity index is 430. The van der Waals surface area contributed by atoms with E-state index < -0.39 is 0 Å². The Labute approximate surface area is 114 Å². The third-order valence-corrected chi connectivity index (χ3v) is 3.97. The molecule has 3 nitrogen and oxygen atoms in total. The van der Waals surface area contributed by atoms with E-state index in [0.717, 1.165) is 22.6 Å². The van der Waals surface area contributed by atoms with Crippen molar-refractivity contribution in [2.45, 2.75) is 44.6 Å². The number of nitrogens with two attached hydrogens (primary N) is 1. The minimum atomic E-state index is -0.130. The summed E-state index contributed by atoms with van der Waals surface area (Å²) in [7, 11) is 0. The number of aryl methyl sites for hydroxylation is 1. The van der Waals surface area contributed by atoms with Crippen LogP contribution in [-0.2, 0) is 4.79 Å². The molecule has 18 heavy (non-hydrogen) atoms. The van der Waals surface area contributed by atoms with Gasteiger partial charge < -0.3 is 11.1 Å². The van der Waals surface area contributed by atoms with Crippen LogP contribution < -0.4 is 11.1 Å². The lowest BCUT2D eigenvalue weighted by molar-refractivity contribution is -0.120. The summed E-state index contributed by atoms with van der Waals surface area (Å²) in [6, 6.07) is 5.84. The van der Waals surface area contributed by atoms with Crippen molar-refractivity contribution in [3.63, 3.8) is 0 Å². The molecule has 100 valence electrons. The Morgan fingerprint density at radius 3 is 2.67 bits per heavy atom. The van der Waals surface area contributed by atoms with Gasteiger partial charge in [0.2, 0.25) is 5.91 Å². The molecule has 0 aliphatic carbocycles. The molecule has 4 heteroatoms. The maximum Gasteiger partial charge on any atom is 0.230 e. The minimum absolute atomic E-state index is 0.0707. The molecule has 1 aromatic rings. The van der Waals surface area contributed by atoms with E-state index >= 15 is 0 Å². The summed E-state index contributed by atoms with van der Waals surface area (Å²) in [5.74, 6) is 0.508. The molecule has 0 aliphatic heterocycles. The molecule has 0 aliphatic rings. The molecule has 0 fully saturated rings. The topological polar surface area (TPSA) is 55.1 Å². The van der Waals surface area contributed by atoms with Gasteiger partial charge in [-0.1, -0.05) is 6.92 Å². The summed E-state index contributed by atoms with van der Waals surface area (Å²) in [5, 5.41) is 3.02. The summed E-state index contributed by atoms with van der Waals surface area (Å²) in [6.45, 7) is 8.10. The fourth-order valence-electron chi connectivity index (χ4n) is 1.39. The number of carbonyl (C=O) groups excluding carboxylic acids is 1. The van der Waals surface area contributed by atoms with Gasteiger partial charge >= 0.3 is 0 Å². The Hall–Kier alpha value is -1.16. The fourth-order valence-corrected chi connectivity index (χ4v) is 2.18. The van der Waals surface area contributed by atoms with Crippen molar-refractivity contribution in [2.24, 2.45) is 0 Å². The maximum absolute atomic E-state index is 11.8. The molecule has 1 amide bonds. The number of thioether (sulfide) groups is 1. The highest BCUT2D eigenvalue weighted by Crippen LogP contribution is 2.22. The first-order chi connectivity index (χ1) is 8.34. The van der Waals surface area contributed by atoms with E-state index in [2.05, 4.69) is 12.2 Å². The van der Waals surface area contributed by atoms with Gasteiger partial charge in [-0.05, 0) is 51.0 Å². The molecule has 0 saturated heterocycles. The van der Waals surface area contributed by atoms with Crippen molar-refractivity contribution in [1.29, 1.82) is 0 Å². The Kier molecular flexibility index (Phi) is 5.08. The van der Waals surface area contributed by atoms with Gasteiger partial charge in [0.1, 0.15) is 0 Å². The van der Waals surface area contributed by atoms with Crippen LogP contribution >= 0.6 is 11.8 Å². The first kappa shape index (κ1) is 14.9. The van der Waals surface area contributed by atoms with Crippen LogP contribution in [0.1, 0.15) is 32.8 Å². The molecular formula is C14H22N2OS. The minimum Gasteiger partial charge on any atom is -0.399 e. The molecule has 0 unspecified atom stereocenters. The zero-order valence-electron chi connectivity index (χ0n) is 11.5. The number of benzene rings is 1. The van der Waals surface area contributed by atoms with E-state index in [0.29, 0.717) is 5.75 Å². The van der Waals surface area contributed by atoms with Crippen LogP contribution in [-0.4, -0.2) is 17.2 Å². The summed E-state index contributed by atoms with van der Waals surface area (Å²) in [5.41, 5.74) is 7.47. The number of hydrogen-bond acceptors (Lipinski definition) is 3. The van der Waals surface area contributed by atoms with Gasteiger partial charge in [-0.25, -0.2) is 0 Å². The monoisotopic (exact) mass is 266 g/mol. The Balaban J connectivity index is 2.50. The first-order valence-corrected chi connectivity index (χ1v) is 7.12. The highest BCUT2D eigenvalue weighted by Gasteiger charge is 2.17. The zero-order valence-corrected chi connectivity index (χ0v) is 12.4. The predicted molar refractivity (Wildman–Crippen MR) is 78.8 cm³/mol. The molecule has 0 saturated carbocycles. The van der Waals surface area contributed by atoms with Crippen LogP contribution in [0.4, 0.5) is 5.69 Å². The van der Waals surface area contributed by atoms with Crippen molar-refractivity contribution >= 4 is 23.4 Å². The van der Waals surface area contributed by atoms with Gasteiger partial charge in [-0.2, -0.15) is 0 Å². The summed E-state index contributed by atoms with van der Waals surface area (Å²) < 4.78 is 0. The van der Waals surface area contributed by atoms with E-state index in [1.54, 1.807) is 0 Å². The molecular weight excluding hydrogens is 244 g/mol. The van der Waals surface area contributed by atoms with Crippen LogP contribution in [0, 0.1) is 6.92 Å². The van der Waals surface area contributed by atoms with Crippen molar-refractivity contribution in [1.82, 2.24) is 5.32 Å². The maximum atomic E-state index is 11.8. The lowest BCUT2D eigenvalue weighted by Crippen LogP contribution is -2.43. The normalized spacial score (nSPS) is 11.3. The second-order valence-corrected chi connectivity index (χ2v) is 6.14. The lowest BCUT2D eigenvalue weighted by atomic mass is 10.0. The van der Waals surface area contributed by atoms with Crippen molar-refractivity contribution in [3.05, 3.63) is 23.8 Å². The number of anilines is 1. The van der Waals surface area contributed by atoms with Crippen LogP contribution in [0.5, 0.6) is 0 Å². The highest BCUT2D eigenvalue weighted by molar-refractivity contribution is 8.00. The number of nitrogen functional groups attached to an aromatic ring is 1. The van der Waals surface area contributed by atoms with Crippen LogP contribution in [0.2, 0.25) is 0 Å². The third kappa shape index (κ3) is 4.61. The van der Waals surface area contributed by atoms with Crippen LogP contribution in [0.3, 0.4) is 0 Å².